The van der Waals surface area contributed by atoms with E-state index in [1.807, 2.05) is 0 Å². The monoisotopic (exact) mass is 769 g/mol. The van der Waals surface area contributed by atoms with Crippen LogP contribution in [0.25, 0.3) is 49.7 Å². The molecule has 1 heterocycles. The van der Waals surface area contributed by atoms with Crippen LogP contribution >= 0.6 is 0 Å². The van der Waals surface area contributed by atoms with Crippen molar-refractivity contribution in [2.75, 3.05) is 9.80 Å². The van der Waals surface area contributed by atoms with Crippen molar-refractivity contribution in [1.82, 2.24) is 4.57 Å². The van der Waals surface area contributed by atoms with Gasteiger partial charge in [-0.3, -0.25) is 0 Å². The number of rotatable bonds is 8. The van der Waals surface area contributed by atoms with Crippen LogP contribution < -0.4 is 9.80 Å². The van der Waals surface area contributed by atoms with Crippen molar-refractivity contribution < 1.29 is 0 Å². The maximum atomic E-state index is 2.45. The molecule has 1 aliphatic rings. The normalized spacial score (nSPS) is 12.6. The lowest BCUT2D eigenvalue weighted by atomic mass is 9.80. The van der Waals surface area contributed by atoms with Gasteiger partial charge in [0.2, 0.25) is 0 Å². The number of nitrogens with zero attached hydrogens (tertiary/aromatic N) is 3. The molecule has 10 aromatic rings. The van der Waals surface area contributed by atoms with Crippen LogP contribution in [0.5, 0.6) is 0 Å². The van der Waals surface area contributed by atoms with Gasteiger partial charge in [0.15, 0.2) is 0 Å². The predicted molar refractivity (Wildman–Crippen MR) is 253 cm³/mol. The zero-order chi connectivity index (χ0) is 40.2. The molecule has 11 rings (SSSR count). The summed E-state index contributed by atoms with van der Waals surface area (Å²) in [4.78, 5) is 4.66. The molecule has 60 heavy (non-hydrogen) atoms. The summed E-state index contributed by atoms with van der Waals surface area (Å²) in [5, 5.41) is 2.63. The number of hydrogen-bond donors (Lipinski definition) is 0. The SMILES string of the molecule is CC1(C)c2ccccc2-c2ccc3c(c21)c1ccccc1n3-c1ccc(N(c2ccc(-c3ccccc3)cc2)c2ccc(N(c3ccccc3)c3ccccc3)cc2)cc1. The zero-order valence-electron chi connectivity index (χ0n) is 33.7. The van der Waals surface area contributed by atoms with E-state index in [-0.39, 0.29) is 5.41 Å². The number of hydrogen-bond acceptors (Lipinski definition) is 2. The van der Waals surface area contributed by atoms with Gasteiger partial charge in [-0.05, 0) is 130 Å². The Morgan fingerprint density at radius 3 is 1.40 bits per heavy atom. The minimum Gasteiger partial charge on any atom is -0.311 e. The molecule has 0 radical (unpaired) electrons. The van der Waals surface area contributed by atoms with E-state index in [1.165, 1.54) is 55.2 Å². The summed E-state index contributed by atoms with van der Waals surface area (Å²) in [6, 6.07) is 81.2. The maximum absolute atomic E-state index is 2.45. The van der Waals surface area contributed by atoms with Gasteiger partial charge in [-0.1, -0.05) is 141 Å². The third-order valence-electron chi connectivity index (χ3n) is 12.3. The molecule has 3 heteroatoms. The second-order valence-electron chi connectivity index (χ2n) is 16.2. The molecule has 3 nitrogen and oxygen atoms in total. The average molecular weight is 770 g/mol. The Bertz CT molecular complexity index is 3090. The van der Waals surface area contributed by atoms with Crippen LogP contribution in [-0.4, -0.2) is 4.57 Å². The Kier molecular flexibility index (Phi) is 8.49. The van der Waals surface area contributed by atoms with Gasteiger partial charge in [0.05, 0.1) is 11.0 Å². The Morgan fingerprint density at radius 1 is 0.350 bits per heavy atom. The highest BCUT2D eigenvalue weighted by Crippen LogP contribution is 2.53. The Hall–Kier alpha value is -7.62. The smallest absolute Gasteiger partial charge is 0.0544 e. The van der Waals surface area contributed by atoms with Gasteiger partial charge in [-0.15, -0.1) is 0 Å². The molecule has 0 aliphatic heterocycles. The predicted octanol–water partition coefficient (Wildman–Crippen LogP) is 15.7. The average Bonchev–Trinajstić information content (AvgIpc) is 3.77. The van der Waals surface area contributed by atoms with Crippen molar-refractivity contribution in [1.29, 1.82) is 0 Å². The molecule has 0 unspecified atom stereocenters. The lowest BCUT2D eigenvalue weighted by molar-refractivity contribution is 0.666. The molecule has 0 bridgehead atoms. The molecule has 0 N–H and O–H groups in total. The van der Waals surface area contributed by atoms with Crippen molar-refractivity contribution in [3.63, 3.8) is 0 Å². The number of anilines is 6. The van der Waals surface area contributed by atoms with Crippen LogP contribution in [0.3, 0.4) is 0 Å². The van der Waals surface area contributed by atoms with Gasteiger partial charge in [-0.2, -0.15) is 0 Å². The van der Waals surface area contributed by atoms with Crippen LogP contribution in [0.4, 0.5) is 34.1 Å². The van der Waals surface area contributed by atoms with Gasteiger partial charge >= 0.3 is 0 Å². The minimum atomic E-state index is -0.115. The van der Waals surface area contributed by atoms with Crippen molar-refractivity contribution in [3.05, 3.63) is 236 Å². The summed E-state index contributed by atoms with van der Waals surface area (Å²) in [7, 11) is 0. The van der Waals surface area contributed by atoms with Crippen LogP contribution in [0.2, 0.25) is 0 Å². The Balaban J connectivity index is 1.02. The number of fused-ring (bicyclic) bond motifs is 7. The van der Waals surface area contributed by atoms with E-state index in [4.69, 9.17) is 0 Å². The van der Waals surface area contributed by atoms with Crippen LogP contribution in [-0.2, 0) is 5.41 Å². The molecular formula is C57H43N3. The lowest BCUT2D eigenvalue weighted by Gasteiger charge is -2.28. The first kappa shape index (κ1) is 35.5. The molecular weight excluding hydrogens is 727 g/mol. The van der Waals surface area contributed by atoms with Crippen LogP contribution in [0.1, 0.15) is 25.0 Å². The molecule has 1 aliphatic carbocycles. The van der Waals surface area contributed by atoms with Crippen molar-refractivity contribution >= 4 is 55.9 Å². The van der Waals surface area contributed by atoms with Crippen molar-refractivity contribution in [3.8, 4) is 27.9 Å². The van der Waals surface area contributed by atoms with Crippen LogP contribution in [0.15, 0.2) is 224 Å². The number of para-hydroxylation sites is 3. The van der Waals surface area contributed by atoms with Crippen LogP contribution in [0, 0.1) is 0 Å². The summed E-state index contributed by atoms with van der Waals surface area (Å²) in [6.07, 6.45) is 0. The summed E-state index contributed by atoms with van der Waals surface area (Å²) in [5.41, 5.74) is 17.9. The number of benzene rings is 9. The fourth-order valence-corrected chi connectivity index (χ4v) is 9.59. The van der Waals surface area contributed by atoms with E-state index in [2.05, 4.69) is 253 Å². The quantitative estimate of drug-likeness (QED) is 0.152. The minimum absolute atomic E-state index is 0.115. The Morgan fingerprint density at radius 2 is 0.800 bits per heavy atom. The second-order valence-corrected chi connectivity index (χ2v) is 16.2. The highest BCUT2D eigenvalue weighted by molar-refractivity contribution is 6.14. The highest BCUT2D eigenvalue weighted by Gasteiger charge is 2.38. The topological polar surface area (TPSA) is 11.4 Å². The van der Waals surface area contributed by atoms with E-state index in [0.717, 1.165) is 39.8 Å². The van der Waals surface area contributed by atoms with Gasteiger partial charge in [-0.25, -0.2) is 0 Å². The molecule has 0 saturated carbocycles. The molecule has 0 saturated heterocycles. The van der Waals surface area contributed by atoms with E-state index in [9.17, 15) is 0 Å². The van der Waals surface area contributed by atoms with Crippen molar-refractivity contribution in [2.45, 2.75) is 19.3 Å². The van der Waals surface area contributed by atoms with Gasteiger partial charge in [0.25, 0.3) is 0 Å². The third-order valence-corrected chi connectivity index (χ3v) is 12.3. The van der Waals surface area contributed by atoms with E-state index in [1.54, 1.807) is 0 Å². The zero-order valence-corrected chi connectivity index (χ0v) is 33.7. The highest BCUT2D eigenvalue weighted by atomic mass is 15.2. The fourth-order valence-electron chi connectivity index (χ4n) is 9.59. The molecule has 1 aromatic heterocycles. The molecule has 9 aromatic carbocycles. The van der Waals surface area contributed by atoms with Gasteiger partial charge in [0, 0.05) is 56.0 Å². The lowest BCUT2D eigenvalue weighted by Crippen LogP contribution is -2.15. The second kappa shape index (κ2) is 14.3. The maximum Gasteiger partial charge on any atom is 0.0544 e. The summed E-state index contributed by atoms with van der Waals surface area (Å²) in [6.45, 7) is 4.76. The first-order valence-corrected chi connectivity index (χ1v) is 20.8. The van der Waals surface area contributed by atoms with E-state index >= 15 is 0 Å². The summed E-state index contributed by atoms with van der Waals surface area (Å²) in [5.74, 6) is 0. The standard InChI is InChI=1S/C57H43N3/c1-57(2)52-24-14-12-22-49(52)50-38-39-54-55(56(50)57)51-23-13-15-25-53(51)60(54)48-36-34-47(35-37-48)59(44-28-26-41(27-29-44)40-16-6-3-7-17-40)46-32-30-45(31-33-46)58(42-18-8-4-9-19-42)43-20-10-5-11-21-43/h3-39H,1-2H3. The van der Waals surface area contributed by atoms with Crippen molar-refractivity contribution in [2.24, 2.45) is 0 Å². The molecule has 0 amide bonds. The fraction of sp³-hybridized carbons (Fsp3) is 0.0526. The molecule has 0 fully saturated rings. The molecule has 286 valence electrons. The molecule has 0 atom stereocenters. The summed E-state index contributed by atoms with van der Waals surface area (Å²) >= 11 is 0. The summed E-state index contributed by atoms with van der Waals surface area (Å²) < 4.78 is 2.45. The Labute approximate surface area is 351 Å². The van der Waals surface area contributed by atoms with E-state index < -0.39 is 0 Å². The number of aromatic nitrogens is 1. The van der Waals surface area contributed by atoms with E-state index in [0.29, 0.717) is 0 Å². The largest absolute Gasteiger partial charge is 0.311 e. The van der Waals surface area contributed by atoms with Gasteiger partial charge in [0.1, 0.15) is 0 Å². The van der Waals surface area contributed by atoms with Gasteiger partial charge < -0.3 is 14.4 Å². The third kappa shape index (κ3) is 5.81. The first-order valence-electron chi connectivity index (χ1n) is 20.8. The first-order chi connectivity index (χ1) is 29.5. The molecule has 0 spiro atoms.